The summed E-state index contributed by atoms with van der Waals surface area (Å²) in [5.74, 6) is -0.0821. The van der Waals surface area contributed by atoms with Gasteiger partial charge >= 0.3 is 0 Å². The molecule has 0 bridgehead atoms. The summed E-state index contributed by atoms with van der Waals surface area (Å²) in [5.41, 5.74) is 0. The van der Waals surface area contributed by atoms with Crippen LogP contribution in [0.1, 0.15) is 155 Å². The van der Waals surface area contributed by atoms with E-state index < -0.39 is 12.1 Å². The summed E-state index contributed by atoms with van der Waals surface area (Å²) in [6, 6.07) is -0.622. The normalized spacial score (nSPS) is 13.8. The second kappa shape index (κ2) is 31.9. The van der Waals surface area contributed by atoms with Crippen LogP contribution in [-0.4, -0.2) is 34.9 Å². The summed E-state index contributed by atoms with van der Waals surface area (Å²) < 4.78 is 0. The van der Waals surface area contributed by atoms with Crippen LogP contribution in [0.4, 0.5) is 0 Å². The maximum Gasteiger partial charge on any atom is 0.220 e. The maximum atomic E-state index is 12.2. The zero-order valence-corrected chi connectivity index (χ0v) is 26.3. The zero-order valence-electron chi connectivity index (χ0n) is 26.3. The number of hydrogen-bond donors (Lipinski definition) is 3. The highest BCUT2D eigenvalue weighted by Crippen LogP contribution is 2.11. The third kappa shape index (κ3) is 27.9. The molecule has 0 aliphatic carbocycles. The third-order valence-corrected chi connectivity index (χ3v) is 7.31. The highest BCUT2D eigenvalue weighted by atomic mass is 16.3. The van der Waals surface area contributed by atoms with Crippen molar-refractivity contribution in [3.63, 3.8) is 0 Å². The molecule has 0 spiro atoms. The minimum atomic E-state index is -0.838. The van der Waals surface area contributed by atoms with Gasteiger partial charge in [0.05, 0.1) is 18.8 Å². The number of hydrogen-bond acceptors (Lipinski definition) is 3. The summed E-state index contributed by atoms with van der Waals surface area (Å²) >= 11 is 0. The van der Waals surface area contributed by atoms with Gasteiger partial charge in [0.15, 0.2) is 0 Å². The molecule has 0 aliphatic rings. The molecule has 3 N–H and O–H groups in total. The largest absolute Gasteiger partial charge is 0.394 e. The van der Waals surface area contributed by atoms with Crippen LogP contribution in [0.2, 0.25) is 0 Å². The van der Waals surface area contributed by atoms with Crippen LogP contribution >= 0.6 is 0 Å². The topological polar surface area (TPSA) is 69.6 Å². The van der Waals surface area contributed by atoms with Gasteiger partial charge < -0.3 is 15.5 Å². The van der Waals surface area contributed by atoms with Crippen LogP contribution in [-0.2, 0) is 4.79 Å². The lowest BCUT2D eigenvalue weighted by atomic mass is 10.1. The second-order valence-corrected chi connectivity index (χ2v) is 11.2. The van der Waals surface area contributed by atoms with Crippen molar-refractivity contribution < 1.29 is 15.0 Å². The van der Waals surface area contributed by atoms with E-state index in [0.717, 1.165) is 38.5 Å². The predicted octanol–water partition coefficient (Wildman–Crippen LogP) is 9.67. The summed E-state index contributed by atoms with van der Waals surface area (Å²) in [6.07, 6.45) is 42.2. The van der Waals surface area contributed by atoms with Crippen molar-refractivity contribution in [1.29, 1.82) is 0 Å². The molecule has 0 fully saturated rings. The number of carbonyl (C=O) groups is 1. The van der Waals surface area contributed by atoms with Crippen molar-refractivity contribution in [2.45, 2.75) is 167 Å². The van der Waals surface area contributed by atoms with Crippen molar-refractivity contribution in [3.8, 4) is 0 Å². The van der Waals surface area contributed by atoms with Gasteiger partial charge in [-0.15, -0.1) is 0 Å². The molecule has 0 heterocycles. The van der Waals surface area contributed by atoms with Crippen LogP contribution in [0.5, 0.6) is 0 Å². The molecular weight excluding hydrogens is 494 g/mol. The fourth-order valence-corrected chi connectivity index (χ4v) is 4.65. The van der Waals surface area contributed by atoms with Crippen molar-refractivity contribution in [2.75, 3.05) is 6.61 Å². The van der Waals surface area contributed by atoms with Gasteiger partial charge in [-0.2, -0.15) is 0 Å². The highest BCUT2D eigenvalue weighted by Gasteiger charge is 2.17. The van der Waals surface area contributed by atoms with Gasteiger partial charge in [0.1, 0.15) is 0 Å². The quantitative estimate of drug-likeness (QED) is 0.0631. The molecule has 232 valence electrons. The Morgan fingerprint density at radius 1 is 0.600 bits per heavy atom. The predicted molar refractivity (Wildman–Crippen MR) is 175 cm³/mol. The number of rotatable bonds is 29. The Morgan fingerprint density at radius 3 is 1.57 bits per heavy atom. The Morgan fingerprint density at radius 2 is 1.02 bits per heavy atom. The monoisotopic (exact) mass is 559 g/mol. The van der Waals surface area contributed by atoms with E-state index in [1.54, 1.807) is 6.08 Å². The molecular formula is C36H65NO3. The Kier molecular flexibility index (Phi) is 30.6. The first-order valence-corrected chi connectivity index (χ1v) is 16.9. The average molecular weight is 560 g/mol. The fourth-order valence-electron chi connectivity index (χ4n) is 4.65. The molecule has 0 aromatic rings. The first-order valence-electron chi connectivity index (χ1n) is 16.9. The van der Waals surface area contributed by atoms with Crippen molar-refractivity contribution in [1.82, 2.24) is 5.32 Å². The van der Waals surface area contributed by atoms with E-state index in [9.17, 15) is 15.0 Å². The molecule has 2 unspecified atom stereocenters. The SMILES string of the molecule is CCCCC/C=C/C(O)C(CO)NC(=O)CCCCCCCCCC/C=C\C/C=C\C/C=C\CCCCCCC. The second-order valence-electron chi connectivity index (χ2n) is 11.2. The van der Waals surface area contributed by atoms with E-state index >= 15 is 0 Å². The molecule has 4 nitrogen and oxygen atoms in total. The number of carbonyl (C=O) groups excluding carboxylic acids is 1. The van der Waals surface area contributed by atoms with E-state index in [1.807, 2.05) is 6.08 Å². The Hall–Kier alpha value is -1.65. The molecule has 4 heteroatoms. The minimum Gasteiger partial charge on any atom is -0.394 e. The summed E-state index contributed by atoms with van der Waals surface area (Å²) in [6.45, 7) is 4.17. The number of nitrogens with one attached hydrogen (secondary N) is 1. The van der Waals surface area contributed by atoms with Gasteiger partial charge in [-0.1, -0.05) is 140 Å². The molecule has 0 rings (SSSR count). The van der Waals surface area contributed by atoms with E-state index in [-0.39, 0.29) is 12.5 Å². The first kappa shape index (κ1) is 38.4. The standard InChI is InChI=1S/C36H65NO3/c1-3-5-7-9-10-11-12-13-14-15-16-17-18-19-20-21-22-23-24-25-26-28-30-32-36(40)37-34(33-38)35(39)31-29-27-8-6-4-2/h12-13,15-16,18-19,29,31,34-35,38-39H,3-11,14,17,20-28,30,32-33H2,1-2H3,(H,37,40)/b13-12-,16-15-,19-18-,31-29+. The van der Waals surface area contributed by atoms with Crippen LogP contribution in [0.25, 0.3) is 0 Å². The van der Waals surface area contributed by atoms with E-state index in [2.05, 4.69) is 55.6 Å². The zero-order chi connectivity index (χ0) is 29.4. The minimum absolute atomic E-state index is 0.0821. The van der Waals surface area contributed by atoms with Crippen molar-refractivity contribution >= 4 is 5.91 Å². The van der Waals surface area contributed by atoms with Crippen LogP contribution < -0.4 is 5.32 Å². The molecule has 0 radical (unpaired) electrons. The van der Waals surface area contributed by atoms with Gasteiger partial charge in [-0.05, 0) is 57.8 Å². The summed E-state index contributed by atoms with van der Waals surface area (Å²) in [5, 5.41) is 22.5. The molecule has 1 amide bonds. The van der Waals surface area contributed by atoms with E-state index in [0.29, 0.717) is 6.42 Å². The lowest BCUT2D eigenvalue weighted by Crippen LogP contribution is -2.45. The fraction of sp³-hybridized carbons (Fsp3) is 0.750. The van der Waals surface area contributed by atoms with Crippen molar-refractivity contribution in [2.24, 2.45) is 0 Å². The number of amides is 1. The number of aliphatic hydroxyl groups excluding tert-OH is 2. The average Bonchev–Trinajstić information content (AvgIpc) is 2.96. The smallest absolute Gasteiger partial charge is 0.220 e. The molecule has 0 saturated carbocycles. The van der Waals surface area contributed by atoms with Gasteiger partial charge in [0.25, 0.3) is 0 Å². The lowest BCUT2D eigenvalue weighted by Gasteiger charge is -2.20. The van der Waals surface area contributed by atoms with E-state index in [4.69, 9.17) is 0 Å². The number of allylic oxidation sites excluding steroid dienone is 7. The molecule has 0 aromatic carbocycles. The molecule has 0 aromatic heterocycles. The van der Waals surface area contributed by atoms with Crippen LogP contribution in [0, 0.1) is 0 Å². The van der Waals surface area contributed by atoms with Crippen LogP contribution in [0.3, 0.4) is 0 Å². The van der Waals surface area contributed by atoms with Crippen molar-refractivity contribution in [3.05, 3.63) is 48.6 Å². The summed E-state index contributed by atoms with van der Waals surface area (Å²) in [4.78, 5) is 12.2. The number of aliphatic hydroxyl groups is 2. The Balaban J connectivity index is 3.56. The van der Waals surface area contributed by atoms with Gasteiger partial charge in [-0.3, -0.25) is 4.79 Å². The summed E-state index contributed by atoms with van der Waals surface area (Å²) in [7, 11) is 0. The molecule has 40 heavy (non-hydrogen) atoms. The molecule has 2 atom stereocenters. The van der Waals surface area contributed by atoms with Crippen LogP contribution in [0.15, 0.2) is 48.6 Å². The molecule has 0 saturated heterocycles. The lowest BCUT2D eigenvalue weighted by molar-refractivity contribution is -0.123. The van der Waals surface area contributed by atoms with Gasteiger partial charge in [0.2, 0.25) is 5.91 Å². The first-order chi connectivity index (χ1) is 19.7. The third-order valence-electron chi connectivity index (χ3n) is 7.31. The van der Waals surface area contributed by atoms with E-state index in [1.165, 1.54) is 96.3 Å². The highest BCUT2D eigenvalue weighted by molar-refractivity contribution is 5.76. The maximum absolute atomic E-state index is 12.2. The Labute approximate surface area is 248 Å². The molecule has 0 aliphatic heterocycles. The van der Waals surface area contributed by atoms with Gasteiger partial charge in [-0.25, -0.2) is 0 Å². The number of unbranched alkanes of at least 4 members (excludes halogenated alkanes) is 16. The Bertz CT molecular complexity index is 652. The van der Waals surface area contributed by atoms with Gasteiger partial charge in [0, 0.05) is 6.42 Å².